The highest BCUT2D eigenvalue weighted by Crippen LogP contribution is 2.65. The second kappa shape index (κ2) is 45.3. The Hall–Kier alpha value is -4.34. The van der Waals surface area contributed by atoms with Crippen LogP contribution < -0.4 is 0 Å². The van der Waals surface area contributed by atoms with Crippen molar-refractivity contribution in [1.29, 1.82) is 0 Å². The lowest BCUT2D eigenvalue weighted by Gasteiger charge is -2.44. The highest BCUT2D eigenvalue weighted by molar-refractivity contribution is 5.36. The van der Waals surface area contributed by atoms with E-state index in [9.17, 15) is 56.2 Å². The van der Waals surface area contributed by atoms with Gasteiger partial charge in [-0.15, -0.1) is 0 Å². The van der Waals surface area contributed by atoms with Crippen molar-refractivity contribution in [1.82, 2.24) is 0 Å². The zero-order valence-corrected chi connectivity index (χ0v) is 82.4. The van der Waals surface area contributed by atoms with E-state index in [4.69, 9.17) is 0 Å². The fourth-order valence-corrected chi connectivity index (χ4v) is 30.0. The van der Waals surface area contributed by atoms with Crippen molar-refractivity contribution in [3.8, 4) is 0 Å². The average Bonchev–Trinajstić information content (AvgIpc) is 1.63. The summed E-state index contributed by atoms with van der Waals surface area (Å²) in [6, 6.07) is 0. The predicted octanol–water partition coefficient (Wildman–Crippen LogP) is 25.4. The van der Waals surface area contributed by atoms with Gasteiger partial charge in [-0.25, -0.2) is 0 Å². The molecule has 11 nitrogen and oxygen atoms in total. The number of rotatable bonds is 17. The summed E-state index contributed by atoms with van der Waals surface area (Å²) < 4.78 is 0. The van der Waals surface area contributed by atoms with Crippen molar-refractivity contribution in [3.05, 3.63) is 177 Å². The van der Waals surface area contributed by atoms with Crippen LogP contribution in [0.2, 0.25) is 0 Å². The number of aliphatic hydroxyl groups excluding tert-OH is 11. The molecule has 0 saturated heterocycles. The molecule has 0 aliphatic heterocycles. The van der Waals surface area contributed by atoms with Crippen LogP contribution in [0.5, 0.6) is 0 Å². The molecule has 15 rings (SSSR count). The summed E-state index contributed by atoms with van der Waals surface area (Å²) >= 11 is 0. The quantitative estimate of drug-likeness (QED) is 0.0615. The summed E-state index contributed by atoms with van der Waals surface area (Å²) in [5.41, 5.74) is 18.9. The molecule has 0 aromatic rings. The maximum Gasteiger partial charge on any atom is 0.0809 e. The second-order valence-electron chi connectivity index (χ2n) is 46.0. The Balaban J connectivity index is 0.000000154. The number of hydrogen-bond acceptors (Lipinski definition) is 11. The summed E-state index contributed by atoms with van der Waals surface area (Å²) in [5, 5.41) is 110. The van der Waals surface area contributed by atoms with Gasteiger partial charge >= 0.3 is 0 Å². The van der Waals surface area contributed by atoms with Crippen molar-refractivity contribution in [2.45, 2.75) is 434 Å². The van der Waals surface area contributed by atoms with Crippen LogP contribution in [0.15, 0.2) is 177 Å². The van der Waals surface area contributed by atoms with Gasteiger partial charge in [0.05, 0.1) is 67.1 Å². The number of aliphatic hydroxyl groups is 11. The molecule has 15 saturated carbocycles. The van der Waals surface area contributed by atoms with Gasteiger partial charge in [-0.3, -0.25) is 0 Å². The summed E-state index contributed by atoms with van der Waals surface area (Å²) in [4.78, 5) is 0. The third kappa shape index (κ3) is 24.0. The maximum atomic E-state index is 10.1. The molecule has 0 bridgehead atoms. The lowest BCUT2D eigenvalue weighted by Crippen LogP contribution is -2.36. The zero-order valence-electron chi connectivity index (χ0n) is 82.4. The first kappa shape index (κ1) is 103. The van der Waals surface area contributed by atoms with E-state index in [2.05, 4.69) is 184 Å². The number of fused-ring (bicyclic) bond motifs is 5. The highest BCUT2D eigenvalue weighted by Gasteiger charge is 2.55. The van der Waals surface area contributed by atoms with Gasteiger partial charge in [-0.1, -0.05) is 278 Å². The lowest BCUT2D eigenvalue weighted by atomic mass is 9.60. The van der Waals surface area contributed by atoms with Gasteiger partial charge in [-0.05, 0) is 376 Å². The van der Waals surface area contributed by atoms with E-state index in [1.165, 1.54) is 193 Å². The van der Waals surface area contributed by atoms with Crippen LogP contribution in [0, 0.1) is 110 Å². The first-order chi connectivity index (χ1) is 60.2. The molecule has 12 unspecified atom stereocenters. The molecule has 127 heavy (non-hydrogen) atoms. The molecule has 15 fully saturated rings. The summed E-state index contributed by atoms with van der Waals surface area (Å²) in [7, 11) is 0. The molecule has 29 atom stereocenters. The fraction of sp³-hybridized carbons (Fsp3) is 0.741. The van der Waals surface area contributed by atoms with E-state index in [0.29, 0.717) is 125 Å². The minimum Gasteiger partial charge on any atom is -0.393 e. The molecule has 0 aromatic heterocycles. The van der Waals surface area contributed by atoms with Crippen molar-refractivity contribution < 1.29 is 56.2 Å². The average molecular weight is 1750 g/mol. The minimum absolute atomic E-state index is 0.180. The Bertz CT molecular complexity index is 4000. The minimum atomic E-state index is -0.613. The van der Waals surface area contributed by atoms with Crippen LogP contribution in [-0.2, 0) is 0 Å². The van der Waals surface area contributed by atoms with Crippen LogP contribution in [0.1, 0.15) is 367 Å². The Morgan fingerprint density at radius 1 is 0.299 bits per heavy atom. The van der Waals surface area contributed by atoms with Crippen LogP contribution in [-0.4, -0.2) is 123 Å². The van der Waals surface area contributed by atoms with Gasteiger partial charge in [0.25, 0.3) is 0 Å². The third-order valence-corrected chi connectivity index (χ3v) is 37.8. The lowest BCUT2D eigenvalue weighted by molar-refractivity contribution is 0.0907. The molecular weight excluding hydrogens is 1570 g/mol. The van der Waals surface area contributed by atoms with Gasteiger partial charge < -0.3 is 56.2 Å². The van der Waals surface area contributed by atoms with Crippen LogP contribution in [0.25, 0.3) is 0 Å². The molecule has 0 aromatic carbocycles. The summed E-state index contributed by atoms with van der Waals surface area (Å²) in [5.74, 6) is 11.0. The SMILES string of the molecule is C=C1[C@H](O)CC(=C/C=C2\CCCC3(C)C(CC)CCC23)C[C@H]1O.C=C1[C@H](O)CC(=C/C=C2\CCCC3(C)C2CCC3C(C)C)C[C@H]1O.C=C1[C@H](O)CC(=C/C=C2\CCCC3(C)C2CCC3[C@@H](C)CCC)C[C@H]1O.C=C1[C@H](O)CC(=C/C=C2\CCC[C@@]3(C)C2CCC3[C@H](C)CC)C[C@H]1O.C=C1[C@H](O)CC(=C/C=C2\CCC[C@]3(C)C([C@H](C)CCC[C@H](C)O)CC[C@@H]23)C[C@H]1O. The van der Waals surface area contributed by atoms with Crippen LogP contribution >= 0.6 is 0 Å². The Labute approximate surface area is 772 Å². The van der Waals surface area contributed by atoms with Gasteiger partial charge in [0.2, 0.25) is 0 Å². The van der Waals surface area contributed by atoms with Gasteiger partial charge in [-0.2, -0.15) is 0 Å². The van der Waals surface area contributed by atoms with E-state index in [1.807, 2.05) is 6.92 Å². The normalized spacial score (nSPS) is 41.0. The summed E-state index contributed by atoms with van der Waals surface area (Å²) in [6.45, 7) is 52.7. The smallest absolute Gasteiger partial charge is 0.0809 e. The zero-order chi connectivity index (χ0) is 92.4. The largest absolute Gasteiger partial charge is 0.393 e. The first-order valence-corrected chi connectivity index (χ1v) is 52.1. The van der Waals surface area contributed by atoms with Crippen molar-refractivity contribution >= 4 is 0 Å². The van der Waals surface area contributed by atoms with Crippen LogP contribution in [0.3, 0.4) is 0 Å². The highest BCUT2D eigenvalue weighted by atomic mass is 16.3. The first-order valence-electron chi connectivity index (χ1n) is 52.1. The van der Waals surface area contributed by atoms with Crippen molar-refractivity contribution in [2.24, 2.45) is 110 Å². The van der Waals surface area contributed by atoms with E-state index in [1.54, 1.807) is 27.9 Å². The number of allylic oxidation sites excluding steroid dienone is 15. The van der Waals surface area contributed by atoms with E-state index < -0.39 is 61.0 Å². The Kier molecular flexibility index (Phi) is 36.8. The molecule has 11 heteroatoms. The summed E-state index contributed by atoms with van der Waals surface area (Å²) in [6.07, 6.45) is 64.0. The molecule has 0 heterocycles. The molecular formula is C116H182O11. The second-order valence-corrected chi connectivity index (χ2v) is 46.0. The molecule has 0 spiro atoms. The fourth-order valence-electron chi connectivity index (χ4n) is 30.0. The molecule has 15 aliphatic carbocycles. The number of hydrogen-bond donors (Lipinski definition) is 11. The topological polar surface area (TPSA) is 223 Å². The molecule has 0 amide bonds. The van der Waals surface area contributed by atoms with Gasteiger partial charge in [0, 0.05) is 0 Å². The van der Waals surface area contributed by atoms with E-state index in [0.717, 1.165) is 118 Å². The Morgan fingerprint density at radius 2 is 0.535 bits per heavy atom. The predicted molar refractivity (Wildman–Crippen MR) is 527 cm³/mol. The van der Waals surface area contributed by atoms with E-state index in [-0.39, 0.29) is 6.10 Å². The standard InChI is InChI=1S/C26H42O3.C24H38O2.C23H36O2.C22H34O2.C21H32O2/c1-17(7-5-8-18(2)27)22-12-13-23-21(9-6-14-26(22,23)4)11-10-20-15-24(28)19(3)25(29)16-20;1-5-7-16(2)20-11-12-21-19(8-6-13-24(20,21)4)10-9-18-14-22(25)17(3)23(26)15-18;1-5-15(2)19-10-11-20-18(7-6-12-23(19,20)4)9-8-17-13-21(24)16(3)22(25)14-17;1-14(2)18-9-10-19-17(6-5-11-22(18,19)4)8-7-16-12-20(23)15(3)21(24)13-16;1-4-17-9-10-18-16(6-5-11-21(17,18)3)8-7-15-12-19(22)14(2)20(23)13-15/h10-11,17-18,22-25,27-29H,3,5-9,12-16H2,1-2,4H3;9-10,16,20-23,25-26H,3,5-8,11-15H2,1-2,4H3;8-9,15,19-22,24-25H,3,5-7,10-14H2,1-2,4H3;7-8,14,18-21,23-24H,3,5-6,9-13H2,1-2,4H3;7-8,17-20,22-23H,2,4-6,9-13H2,1,3H3/b21-11+;19-10+;18-9+;17-8+;16-8+/t17-,18+,22?,23+,24-,25-,26-;16-,20?,21?,22+,23+,24?;15-,19?,20?,21-,22-,23-;18?,19?,20-,21-,22?;17?,18?,19-,20-,21?/m10111/s1. The molecule has 15 aliphatic rings. The van der Waals surface area contributed by atoms with Crippen molar-refractivity contribution in [2.75, 3.05) is 0 Å². The van der Waals surface area contributed by atoms with Gasteiger partial charge in [0.15, 0.2) is 0 Å². The molecule has 712 valence electrons. The third-order valence-electron chi connectivity index (χ3n) is 37.8. The maximum absolute atomic E-state index is 10.1. The Morgan fingerprint density at radius 3 is 0.787 bits per heavy atom. The molecule has 0 radical (unpaired) electrons. The van der Waals surface area contributed by atoms with Gasteiger partial charge in [0.1, 0.15) is 0 Å². The molecule has 11 N–H and O–H groups in total. The monoisotopic (exact) mass is 1750 g/mol. The van der Waals surface area contributed by atoms with E-state index >= 15 is 0 Å². The van der Waals surface area contributed by atoms with Crippen LogP contribution in [0.4, 0.5) is 0 Å². The van der Waals surface area contributed by atoms with Crippen molar-refractivity contribution in [3.63, 3.8) is 0 Å².